The maximum absolute atomic E-state index is 10.8. The minimum atomic E-state index is -0.0574. The molecule has 0 aliphatic carbocycles. The van der Waals surface area contributed by atoms with Crippen LogP contribution in [0.5, 0.6) is 0 Å². The summed E-state index contributed by atoms with van der Waals surface area (Å²) in [6, 6.07) is 0. The molecule has 0 aromatic carbocycles. The van der Waals surface area contributed by atoms with Crippen LogP contribution in [0.1, 0.15) is 12.2 Å². The first-order chi connectivity index (χ1) is 5.74. The average molecular weight is 166 g/mol. The van der Waals surface area contributed by atoms with Gasteiger partial charge in [-0.2, -0.15) is 0 Å². The Kier molecular flexibility index (Phi) is 2.85. The Hall–Kier alpha value is -1.32. The lowest BCUT2D eigenvalue weighted by Crippen LogP contribution is -2.23. The smallest absolute Gasteiger partial charge is 0.220 e. The number of hydrogen-bond acceptors (Lipinski definition) is 2. The first-order valence-corrected chi connectivity index (χ1v) is 3.76. The van der Waals surface area contributed by atoms with Gasteiger partial charge >= 0.3 is 0 Å². The van der Waals surface area contributed by atoms with Crippen molar-refractivity contribution < 1.29 is 4.79 Å². The fraction of sp³-hybridized carbons (Fsp3) is 0.375. The van der Waals surface area contributed by atoms with Crippen LogP contribution in [-0.4, -0.2) is 15.5 Å². The van der Waals surface area contributed by atoms with E-state index in [9.17, 15) is 4.79 Å². The normalized spacial score (nSPS) is 9.83. The van der Waals surface area contributed by atoms with E-state index in [1.54, 1.807) is 6.20 Å². The molecule has 0 fully saturated rings. The van der Waals surface area contributed by atoms with Crippen molar-refractivity contribution in [1.82, 2.24) is 14.9 Å². The topological polar surface area (TPSA) is 46.9 Å². The lowest BCUT2D eigenvalue weighted by atomic mass is 10.4. The molecule has 1 aromatic heterocycles. The zero-order valence-electron chi connectivity index (χ0n) is 7.08. The van der Waals surface area contributed by atoms with Gasteiger partial charge in [0.15, 0.2) is 0 Å². The molecule has 0 saturated carbocycles. The van der Waals surface area contributed by atoms with Crippen LogP contribution >= 0.6 is 0 Å². The third-order valence-corrected chi connectivity index (χ3v) is 1.59. The summed E-state index contributed by atoms with van der Waals surface area (Å²) < 4.78 is 1.86. The highest BCUT2D eigenvalue weighted by Gasteiger charge is 2.00. The summed E-state index contributed by atoms with van der Waals surface area (Å²) in [5.41, 5.74) is 0. The molecule has 12 heavy (non-hydrogen) atoms. The minimum absolute atomic E-state index is 0.0574. The Morgan fingerprint density at radius 2 is 2.58 bits per heavy atom. The second kappa shape index (κ2) is 3.90. The summed E-state index contributed by atoms with van der Waals surface area (Å²) in [7, 11) is 1.89. The van der Waals surface area contributed by atoms with Gasteiger partial charge in [0.2, 0.25) is 5.91 Å². The Balaban J connectivity index is 2.43. The van der Waals surface area contributed by atoms with Crippen LogP contribution in [0, 0.1) is 6.92 Å². The molecule has 0 saturated heterocycles. The number of carbonyl (C=O) groups is 1. The fourth-order valence-electron chi connectivity index (χ4n) is 0.833. The number of amides is 1. The van der Waals surface area contributed by atoms with Crippen LogP contribution in [-0.2, 0) is 18.4 Å². The molecule has 1 radical (unpaired) electrons. The summed E-state index contributed by atoms with van der Waals surface area (Å²) in [6.45, 7) is 3.94. The van der Waals surface area contributed by atoms with Crippen molar-refractivity contribution in [3.63, 3.8) is 0 Å². The largest absolute Gasteiger partial charge is 0.349 e. The zero-order valence-corrected chi connectivity index (χ0v) is 7.08. The molecule has 1 aromatic rings. The van der Waals surface area contributed by atoms with Crippen molar-refractivity contribution in [2.75, 3.05) is 0 Å². The van der Waals surface area contributed by atoms with Gasteiger partial charge in [-0.3, -0.25) is 4.79 Å². The van der Waals surface area contributed by atoms with Crippen molar-refractivity contribution >= 4 is 5.91 Å². The third-order valence-electron chi connectivity index (χ3n) is 1.59. The molecule has 0 bridgehead atoms. The molecule has 0 aliphatic rings. The van der Waals surface area contributed by atoms with E-state index >= 15 is 0 Å². The van der Waals surface area contributed by atoms with Crippen molar-refractivity contribution in [3.8, 4) is 0 Å². The maximum atomic E-state index is 10.8. The van der Waals surface area contributed by atoms with Gasteiger partial charge in [0.25, 0.3) is 0 Å². The molecule has 0 spiro atoms. The second-order valence-corrected chi connectivity index (χ2v) is 2.48. The van der Waals surface area contributed by atoms with E-state index in [1.165, 1.54) is 0 Å². The summed E-state index contributed by atoms with van der Waals surface area (Å²) in [5.74, 6) is 0.787. The number of aromatic nitrogens is 2. The minimum Gasteiger partial charge on any atom is -0.349 e. The third kappa shape index (κ3) is 2.08. The highest BCUT2D eigenvalue weighted by atomic mass is 16.1. The van der Waals surface area contributed by atoms with Crippen LogP contribution in [0.3, 0.4) is 0 Å². The van der Waals surface area contributed by atoms with Crippen molar-refractivity contribution in [2.24, 2.45) is 7.05 Å². The fourth-order valence-corrected chi connectivity index (χ4v) is 0.833. The summed E-state index contributed by atoms with van der Waals surface area (Å²) >= 11 is 0. The first kappa shape index (κ1) is 8.77. The van der Waals surface area contributed by atoms with Crippen LogP contribution in [0.25, 0.3) is 0 Å². The van der Waals surface area contributed by atoms with Crippen LogP contribution in [0.2, 0.25) is 0 Å². The van der Waals surface area contributed by atoms with Gasteiger partial charge < -0.3 is 9.88 Å². The number of nitrogens with one attached hydrogen (secondary N) is 1. The second-order valence-electron chi connectivity index (χ2n) is 2.48. The SMILES string of the molecule is [CH2]CC(=O)NCc1nccn1C. The van der Waals surface area contributed by atoms with Gasteiger partial charge in [-0.15, -0.1) is 0 Å². The summed E-state index contributed by atoms with van der Waals surface area (Å²) in [5, 5.41) is 2.69. The van der Waals surface area contributed by atoms with Gasteiger partial charge in [-0.05, 0) is 6.92 Å². The lowest BCUT2D eigenvalue weighted by Gasteiger charge is -2.02. The molecule has 1 rings (SSSR count). The predicted molar refractivity (Wildman–Crippen MR) is 45.0 cm³/mol. The molecule has 0 atom stereocenters. The van der Waals surface area contributed by atoms with E-state index in [2.05, 4.69) is 17.2 Å². The van der Waals surface area contributed by atoms with Crippen LogP contribution in [0.4, 0.5) is 0 Å². The highest BCUT2D eigenvalue weighted by Crippen LogP contribution is 1.92. The molecule has 1 N–H and O–H groups in total. The Morgan fingerprint density at radius 3 is 3.08 bits per heavy atom. The number of nitrogens with zero attached hydrogens (tertiary/aromatic N) is 2. The molecule has 1 heterocycles. The Labute approximate surface area is 71.6 Å². The van der Waals surface area contributed by atoms with Gasteiger partial charge in [0.1, 0.15) is 5.82 Å². The van der Waals surface area contributed by atoms with Crippen LogP contribution in [0.15, 0.2) is 12.4 Å². The van der Waals surface area contributed by atoms with E-state index in [4.69, 9.17) is 0 Å². The van der Waals surface area contributed by atoms with Gasteiger partial charge in [-0.1, -0.05) is 0 Å². The van der Waals surface area contributed by atoms with Crippen molar-refractivity contribution in [3.05, 3.63) is 25.1 Å². The average Bonchev–Trinajstić information content (AvgIpc) is 2.47. The monoisotopic (exact) mass is 166 g/mol. The number of rotatable bonds is 3. The first-order valence-electron chi connectivity index (χ1n) is 3.76. The lowest BCUT2D eigenvalue weighted by molar-refractivity contribution is -0.120. The van der Waals surface area contributed by atoms with Gasteiger partial charge in [-0.25, -0.2) is 4.98 Å². The molecular formula is C8H12N3O. The summed E-state index contributed by atoms with van der Waals surface area (Å²) in [6.07, 6.45) is 3.81. The van der Waals surface area contributed by atoms with E-state index in [-0.39, 0.29) is 12.3 Å². The van der Waals surface area contributed by atoms with E-state index < -0.39 is 0 Å². The molecule has 4 nitrogen and oxygen atoms in total. The standard InChI is InChI=1S/C8H12N3O/c1-3-8(12)10-6-7-9-4-5-11(7)2/h4-5H,1,3,6H2,2H3,(H,10,12). The highest BCUT2D eigenvalue weighted by molar-refractivity contribution is 5.76. The molecule has 4 heteroatoms. The van der Waals surface area contributed by atoms with E-state index in [1.807, 2.05) is 17.8 Å². The van der Waals surface area contributed by atoms with Gasteiger partial charge in [0, 0.05) is 25.9 Å². The predicted octanol–water partition coefficient (Wildman–Crippen LogP) is 0.260. The zero-order chi connectivity index (χ0) is 8.97. The summed E-state index contributed by atoms with van der Waals surface area (Å²) in [4.78, 5) is 14.9. The molecule has 65 valence electrons. The number of imidazole rings is 1. The quantitative estimate of drug-likeness (QED) is 0.700. The maximum Gasteiger partial charge on any atom is 0.220 e. The molecular weight excluding hydrogens is 154 g/mol. The number of carbonyl (C=O) groups excluding carboxylic acids is 1. The Bertz CT molecular complexity index is 267. The van der Waals surface area contributed by atoms with Crippen LogP contribution < -0.4 is 5.32 Å². The number of hydrogen-bond donors (Lipinski definition) is 1. The Morgan fingerprint density at radius 1 is 1.83 bits per heavy atom. The van der Waals surface area contributed by atoms with Crippen molar-refractivity contribution in [2.45, 2.75) is 13.0 Å². The van der Waals surface area contributed by atoms with Crippen molar-refractivity contribution in [1.29, 1.82) is 0 Å². The molecule has 0 unspecified atom stereocenters. The van der Waals surface area contributed by atoms with E-state index in [0.29, 0.717) is 6.54 Å². The van der Waals surface area contributed by atoms with E-state index in [0.717, 1.165) is 5.82 Å². The molecule has 0 aliphatic heterocycles. The number of aryl methyl sites for hydroxylation is 1. The molecule has 1 amide bonds. The van der Waals surface area contributed by atoms with Gasteiger partial charge in [0.05, 0.1) is 6.54 Å².